The number of halogens is 2. The van der Waals surface area contributed by atoms with Crippen LogP contribution in [0.25, 0.3) is 0 Å². The fourth-order valence-electron chi connectivity index (χ4n) is 0.869. The molecule has 3 heteroatoms. The van der Waals surface area contributed by atoms with Crippen LogP contribution in [0.4, 0.5) is 0 Å². The van der Waals surface area contributed by atoms with E-state index in [0.717, 1.165) is 0 Å². The van der Waals surface area contributed by atoms with E-state index in [1.54, 1.807) is 0 Å². The summed E-state index contributed by atoms with van der Waals surface area (Å²) < 4.78 is 0. The van der Waals surface area contributed by atoms with Gasteiger partial charge in [0.2, 0.25) is 0 Å². The molecular weight excluding hydrogens is 359 g/mol. The Balaban J connectivity index is -0.0000000800. The van der Waals surface area contributed by atoms with Crippen molar-refractivity contribution in [1.29, 1.82) is 0 Å². The summed E-state index contributed by atoms with van der Waals surface area (Å²) in [7, 11) is 0. The summed E-state index contributed by atoms with van der Waals surface area (Å²) >= 11 is 0. The Morgan fingerprint density at radius 3 is 1.83 bits per heavy atom. The number of aryl methyl sites for hydroxylation is 1. The molecule has 1 aromatic rings. The van der Waals surface area contributed by atoms with Crippen LogP contribution in [0, 0.1) is 7.43 Å². The molecule has 0 saturated carbocycles. The molecule has 0 atom stereocenters. The van der Waals surface area contributed by atoms with Gasteiger partial charge in [-0.15, -0.1) is 0 Å². The van der Waals surface area contributed by atoms with Crippen LogP contribution >= 0.6 is 0 Å². The second kappa shape index (κ2) is 14.7. The average Bonchev–Trinajstić information content (AvgIpc) is 2.19. The monoisotopic (exact) mass is 370 g/mol. The van der Waals surface area contributed by atoms with Gasteiger partial charge in [0.1, 0.15) is 0 Å². The second-order valence-electron chi connectivity index (χ2n) is 2.04. The molecular formula is C9H14Br2Zr. The van der Waals surface area contributed by atoms with Gasteiger partial charge in [0.15, 0.2) is 0 Å². The molecule has 0 N–H and O–H groups in total. The van der Waals surface area contributed by atoms with E-state index in [9.17, 15) is 0 Å². The van der Waals surface area contributed by atoms with Crippen LogP contribution < -0.4 is 34.0 Å². The topological polar surface area (TPSA) is 0 Å². The summed E-state index contributed by atoms with van der Waals surface area (Å²) in [5.74, 6) is 0. The van der Waals surface area contributed by atoms with Gasteiger partial charge in [0.05, 0.1) is 0 Å². The molecule has 0 nitrogen and oxygen atoms in total. The average molecular weight is 373 g/mol. The van der Waals surface area contributed by atoms with E-state index in [4.69, 9.17) is 0 Å². The fourth-order valence-corrected chi connectivity index (χ4v) is 0.869. The number of rotatable bonds is 2. The van der Waals surface area contributed by atoms with Crippen molar-refractivity contribution in [3.63, 3.8) is 0 Å². The van der Waals surface area contributed by atoms with E-state index >= 15 is 0 Å². The zero-order chi connectivity index (χ0) is 5.82. The molecule has 0 aliphatic carbocycles. The predicted octanol–water partition coefficient (Wildman–Crippen LogP) is -3.19. The molecule has 68 valence electrons. The maximum Gasteiger partial charge on any atom is 4.00 e. The summed E-state index contributed by atoms with van der Waals surface area (Å²) in [6, 6.07) is 8.52. The van der Waals surface area contributed by atoms with Crippen molar-refractivity contribution in [3.05, 3.63) is 37.3 Å². The Morgan fingerprint density at radius 2 is 1.50 bits per heavy atom. The van der Waals surface area contributed by atoms with E-state index < -0.39 is 0 Å². The van der Waals surface area contributed by atoms with Gasteiger partial charge in [-0.1, -0.05) is 19.8 Å². The van der Waals surface area contributed by atoms with Crippen LogP contribution in [0.5, 0.6) is 0 Å². The molecule has 0 heterocycles. The minimum Gasteiger partial charge on any atom is -1.00 e. The first-order valence-corrected chi connectivity index (χ1v) is 3.14. The fraction of sp³-hybridized carbons (Fsp3) is 0.333. The van der Waals surface area contributed by atoms with Gasteiger partial charge in [0.25, 0.3) is 0 Å². The Bertz CT molecular complexity index is 138. The second-order valence-corrected chi connectivity index (χ2v) is 2.04. The standard InChI is InChI=1S/C8H11.CH3.2BrH.Zr/c1-2-5-8-6-3-4-7-8;;;;/h3-4,6-7H,2,5H2,1H3;1H3;2*1H;/q2*-1;;;+4/p-2. The molecule has 0 radical (unpaired) electrons. The predicted molar refractivity (Wildman–Crippen MR) is 42.4 cm³/mol. The van der Waals surface area contributed by atoms with Gasteiger partial charge in [-0.3, -0.25) is 0 Å². The Hall–Kier alpha value is 1.19. The van der Waals surface area contributed by atoms with Gasteiger partial charge < -0.3 is 41.4 Å². The maximum atomic E-state index is 2.20. The molecule has 1 aromatic carbocycles. The molecule has 0 aliphatic heterocycles. The van der Waals surface area contributed by atoms with Crippen LogP contribution in [0.1, 0.15) is 18.9 Å². The Labute approximate surface area is 116 Å². The molecule has 0 spiro atoms. The van der Waals surface area contributed by atoms with E-state index in [2.05, 4.69) is 31.2 Å². The Kier molecular flexibility index (Phi) is 28.4. The quantitative estimate of drug-likeness (QED) is 0.480. The molecule has 0 aliphatic rings. The van der Waals surface area contributed by atoms with Crippen LogP contribution in [-0.2, 0) is 32.6 Å². The number of hydrogen-bond donors (Lipinski definition) is 0. The summed E-state index contributed by atoms with van der Waals surface area (Å²) in [4.78, 5) is 0. The van der Waals surface area contributed by atoms with Crippen molar-refractivity contribution in [2.45, 2.75) is 19.8 Å². The largest absolute Gasteiger partial charge is 4.00 e. The van der Waals surface area contributed by atoms with Crippen LogP contribution in [0.15, 0.2) is 24.3 Å². The van der Waals surface area contributed by atoms with Gasteiger partial charge in [-0.25, -0.2) is 12.1 Å². The first-order chi connectivity index (χ1) is 3.93. The first kappa shape index (κ1) is 23.2. The Morgan fingerprint density at radius 1 is 1.08 bits per heavy atom. The SMILES string of the molecule is CCC[c-]1cccc1.[Br-].[Br-].[CH3-].[Zr+4]. The van der Waals surface area contributed by atoms with E-state index in [0.29, 0.717) is 0 Å². The molecule has 0 saturated heterocycles. The normalized spacial score (nSPS) is 6.42. The molecule has 12 heavy (non-hydrogen) atoms. The summed E-state index contributed by atoms with van der Waals surface area (Å²) in [6.07, 6.45) is 2.48. The van der Waals surface area contributed by atoms with Crippen molar-refractivity contribution < 1.29 is 60.2 Å². The molecule has 0 unspecified atom stereocenters. The van der Waals surface area contributed by atoms with E-state index in [1.807, 2.05) is 0 Å². The minimum absolute atomic E-state index is 0. The van der Waals surface area contributed by atoms with Crippen molar-refractivity contribution in [3.8, 4) is 0 Å². The zero-order valence-electron chi connectivity index (χ0n) is 7.48. The van der Waals surface area contributed by atoms with Gasteiger partial charge in [-0.2, -0.15) is 17.7 Å². The third-order valence-corrected chi connectivity index (χ3v) is 1.27. The summed E-state index contributed by atoms with van der Waals surface area (Å²) in [6.45, 7) is 2.20. The molecule has 0 bridgehead atoms. The number of hydrogen-bond acceptors (Lipinski definition) is 0. The summed E-state index contributed by atoms with van der Waals surface area (Å²) in [5, 5.41) is 0. The third-order valence-electron chi connectivity index (χ3n) is 1.27. The van der Waals surface area contributed by atoms with Gasteiger partial charge >= 0.3 is 26.2 Å². The maximum absolute atomic E-state index is 2.20. The molecule has 0 aromatic heterocycles. The van der Waals surface area contributed by atoms with Crippen LogP contribution in [-0.4, -0.2) is 0 Å². The van der Waals surface area contributed by atoms with Crippen molar-refractivity contribution >= 4 is 0 Å². The van der Waals surface area contributed by atoms with Crippen molar-refractivity contribution in [2.75, 3.05) is 0 Å². The smallest absolute Gasteiger partial charge is 1.00 e. The third kappa shape index (κ3) is 9.28. The van der Waals surface area contributed by atoms with E-state index in [-0.39, 0.29) is 67.6 Å². The molecule has 0 fully saturated rings. The first-order valence-electron chi connectivity index (χ1n) is 3.14. The van der Waals surface area contributed by atoms with Crippen LogP contribution in [0.3, 0.4) is 0 Å². The van der Waals surface area contributed by atoms with Crippen molar-refractivity contribution in [1.82, 2.24) is 0 Å². The molecule has 0 amide bonds. The summed E-state index contributed by atoms with van der Waals surface area (Å²) in [5.41, 5.74) is 1.47. The molecule has 1 rings (SSSR count). The zero-order valence-corrected chi connectivity index (χ0v) is 13.1. The van der Waals surface area contributed by atoms with Gasteiger partial charge in [-0.05, 0) is 0 Å². The van der Waals surface area contributed by atoms with Crippen molar-refractivity contribution in [2.24, 2.45) is 0 Å². The minimum atomic E-state index is 0. The van der Waals surface area contributed by atoms with Crippen LogP contribution in [0.2, 0.25) is 0 Å². The van der Waals surface area contributed by atoms with E-state index in [1.165, 1.54) is 18.4 Å². The van der Waals surface area contributed by atoms with Gasteiger partial charge in [0, 0.05) is 0 Å².